The van der Waals surface area contributed by atoms with Crippen molar-refractivity contribution in [2.24, 2.45) is 16.5 Å². The van der Waals surface area contributed by atoms with Crippen LogP contribution < -0.4 is 22.2 Å². The molecule has 7 nitrogen and oxygen atoms in total. The van der Waals surface area contributed by atoms with Crippen LogP contribution in [0.2, 0.25) is 0 Å². The standard InChI is InChI=1S/C33H34FN5O2/c1-6-38-33(29(20(4)36)18(2)23-12-14-25(19(3)35)27(37)16-23)39-21(5)32-30(22-10-8-7-9-11-22)31(40)26-17-24(34)13-15-28(26)41-32/h6-11,13,15-17,21,35,39H,2,4,12,14,36-37H2,1,3,5H3/b33-29+,35-19?,38-6-. The van der Waals surface area contributed by atoms with Crippen LogP contribution in [0.3, 0.4) is 0 Å². The zero-order chi connectivity index (χ0) is 29.8. The molecule has 6 N–H and O–H groups in total. The van der Waals surface area contributed by atoms with Gasteiger partial charge in [-0.1, -0.05) is 43.5 Å². The number of halogens is 1. The topological polar surface area (TPSA) is 130 Å². The van der Waals surface area contributed by atoms with Crippen LogP contribution in [0.4, 0.5) is 4.39 Å². The van der Waals surface area contributed by atoms with Crippen LogP contribution in [0.15, 0.2) is 121 Å². The van der Waals surface area contributed by atoms with Gasteiger partial charge in [-0.3, -0.25) is 4.79 Å². The zero-order valence-electron chi connectivity index (χ0n) is 23.5. The number of allylic oxidation sites excluding steroid dienone is 4. The lowest BCUT2D eigenvalue weighted by molar-refractivity contribution is 0.466. The molecule has 0 aliphatic heterocycles. The van der Waals surface area contributed by atoms with Gasteiger partial charge < -0.3 is 26.6 Å². The number of fused-ring (bicyclic) bond motifs is 1. The molecule has 0 bridgehead atoms. The van der Waals surface area contributed by atoms with Gasteiger partial charge in [-0.2, -0.15) is 0 Å². The van der Waals surface area contributed by atoms with Crippen molar-refractivity contribution in [3.8, 4) is 11.1 Å². The van der Waals surface area contributed by atoms with E-state index in [2.05, 4.69) is 23.5 Å². The van der Waals surface area contributed by atoms with Crippen molar-refractivity contribution in [3.63, 3.8) is 0 Å². The molecule has 0 saturated carbocycles. The van der Waals surface area contributed by atoms with Crippen LogP contribution in [0.5, 0.6) is 0 Å². The number of aliphatic imine (C=N–C) groups is 1. The number of nitrogens with two attached hydrogens (primary N) is 2. The van der Waals surface area contributed by atoms with Gasteiger partial charge >= 0.3 is 0 Å². The predicted octanol–water partition coefficient (Wildman–Crippen LogP) is 6.55. The Bertz CT molecular complexity index is 1740. The number of nitrogens with one attached hydrogen (secondary N) is 2. The molecule has 0 fully saturated rings. The molecule has 1 heterocycles. The third kappa shape index (κ3) is 5.96. The second-order valence-corrected chi connectivity index (χ2v) is 9.89. The molecule has 2 aromatic carbocycles. The summed E-state index contributed by atoms with van der Waals surface area (Å²) in [4.78, 5) is 18.3. The van der Waals surface area contributed by atoms with Crippen LogP contribution in [0, 0.1) is 11.2 Å². The lowest BCUT2D eigenvalue weighted by atomic mass is 9.86. The summed E-state index contributed by atoms with van der Waals surface area (Å²) in [5, 5.41) is 11.5. The van der Waals surface area contributed by atoms with Gasteiger partial charge in [0.05, 0.1) is 17.0 Å². The van der Waals surface area contributed by atoms with E-state index in [0.717, 1.165) is 11.1 Å². The van der Waals surface area contributed by atoms with Gasteiger partial charge in [0.15, 0.2) is 0 Å². The van der Waals surface area contributed by atoms with Crippen molar-refractivity contribution in [2.45, 2.75) is 39.7 Å². The van der Waals surface area contributed by atoms with Gasteiger partial charge in [0.2, 0.25) is 5.43 Å². The van der Waals surface area contributed by atoms with E-state index in [1.54, 1.807) is 32.2 Å². The minimum absolute atomic E-state index is 0.154. The minimum Gasteiger partial charge on any atom is -0.458 e. The minimum atomic E-state index is -0.578. The van der Waals surface area contributed by atoms with Crippen molar-refractivity contribution in [1.29, 1.82) is 5.41 Å². The highest BCUT2D eigenvalue weighted by Gasteiger charge is 2.25. The summed E-state index contributed by atoms with van der Waals surface area (Å²) in [5.41, 5.74) is 17.4. The summed E-state index contributed by atoms with van der Waals surface area (Å²) in [7, 11) is 0. The summed E-state index contributed by atoms with van der Waals surface area (Å²) >= 11 is 0. The van der Waals surface area contributed by atoms with Crippen LogP contribution >= 0.6 is 0 Å². The molecule has 1 atom stereocenters. The monoisotopic (exact) mass is 551 g/mol. The number of nitrogens with zero attached hydrogens (tertiary/aromatic N) is 1. The molecule has 3 aromatic rings. The molecule has 1 unspecified atom stereocenters. The number of hydrogen-bond acceptors (Lipinski definition) is 7. The summed E-state index contributed by atoms with van der Waals surface area (Å²) in [6, 6.07) is 12.4. The molecular formula is C33H34FN5O2. The Morgan fingerprint density at radius 1 is 1.20 bits per heavy atom. The smallest absolute Gasteiger partial charge is 0.200 e. The van der Waals surface area contributed by atoms with E-state index in [1.165, 1.54) is 18.2 Å². The summed E-state index contributed by atoms with van der Waals surface area (Å²) in [6.45, 7) is 13.6. The molecule has 1 aliphatic rings. The van der Waals surface area contributed by atoms with Gasteiger partial charge in [0.25, 0.3) is 0 Å². The SMILES string of the molecule is C=C(N)/C(C(=C)C1=CC(N)=C(C(C)=N)CC1)=C(\N=C/C)NC(C)c1oc2ccc(F)cc2c(=O)c1-c1ccccc1. The van der Waals surface area contributed by atoms with Gasteiger partial charge in [-0.05, 0) is 80.2 Å². The maximum atomic E-state index is 14.1. The predicted molar refractivity (Wildman–Crippen MR) is 165 cm³/mol. The van der Waals surface area contributed by atoms with E-state index >= 15 is 0 Å². The van der Waals surface area contributed by atoms with Gasteiger partial charge in [-0.25, -0.2) is 9.38 Å². The second kappa shape index (κ2) is 12.0. The fraction of sp³-hybridized carbons (Fsp3) is 0.182. The second-order valence-electron chi connectivity index (χ2n) is 9.89. The number of hydrogen-bond donors (Lipinski definition) is 4. The normalized spacial score (nSPS) is 15.0. The number of benzene rings is 2. The van der Waals surface area contributed by atoms with Gasteiger partial charge in [0.1, 0.15) is 23.0 Å². The molecule has 0 saturated heterocycles. The van der Waals surface area contributed by atoms with E-state index in [1.807, 2.05) is 31.2 Å². The van der Waals surface area contributed by atoms with E-state index in [4.69, 9.17) is 21.3 Å². The van der Waals surface area contributed by atoms with Crippen LogP contribution in [-0.4, -0.2) is 11.9 Å². The molecular weight excluding hydrogens is 517 g/mol. The van der Waals surface area contributed by atoms with Crippen molar-refractivity contribution in [3.05, 3.63) is 129 Å². The Kier molecular flexibility index (Phi) is 8.52. The largest absolute Gasteiger partial charge is 0.458 e. The van der Waals surface area contributed by atoms with Crippen molar-refractivity contribution in [1.82, 2.24) is 5.32 Å². The highest BCUT2D eigenvalue weighted by atomic mass is 19.1. The molecule has 210 valence electrons. The first-order valence-corrected chi connectivity index (χ1v) is 13.2. The number of rotatable bonds is 9. The average Bonchev–Trinajstić information content (AvgIpc) is 2.93. The zero-order valence-corrected chi connectivity index (χ0v) is 23.5. The quantitative estimate of drug-likeness (QED) is 0.177. The van der Waals surface area contributed by atoms with E-state index < -0.39 is 11.9 Å². The molecule has 0 amide bonds. The fourth-order valence-corrected chi connectivity index (χ4v) is 4.98. The maximum absolute atomic E-state index is 14.1. The Hall–Kier alpha value is -4.98. The maximum Gasteiger partial charge on any atom is 0.200 e. The van der Waals surface area contributed by atoms with Gasteiger partial charge in [-0.15, -0.1) is 0 Å². The first-order valence-electron chi connectivity index (χ1n) is 13.2. The van der Waals surface area contributed by atoms with E-state index in [-0.39, 0.29) is 22.1 Å². The molecule has 0 spiro atoms. The Labute approximate surface area is 238 Å². The van der Waals surface area contributed by atoms with Crippen molar-refractivity contribution < 1.29 is 8.81 Å². The lowest BCUT2D eigenvalue weighted by Crippen LogP contribution is -2.24. The molecule has 8 heteroatoms. The summed E-state index contributed by atoms with van der Waals surface area (Å²) < 4.78 is 20.3. The first-order chi connectivity index (χ1) is 19.5. The molecule has 4 rings (SSSR count). The third-order valence-corrected chi connectivity index (χ3v) is 6.97. The molecule has 0 radical (unpaired) electrons. The highest BCUT2D eigenvalue weighted by Crippen LogP contribution is 2.34. The van der Waals surface area contributed by atoms with Crippen LogP contribution in [0.25, 0.3) is 22.1 Å². The molecule has 41 heavy (non-hydrogen) atoms. The van der Waals surface area contributed by atoms with E-state index in [9.17, 15) is 9.18 Å². The van der Waals surface area contributed by atoms with Crippen molar-refractivity contribution >= 4 is 22.9 Å². The van der Waals surface area contributed by atoms with Gasteiger partial charge in [0, 0.05) is 28.9 Å². The van der Waals surface area contributed by atoms with Crippen molar-refractivity contribution in [2.75, 3.05) is 0 Å². The average molecular weight is 552 g/mol. The Morgan fingerprint density at radius 3 is 2.51 bits per heavy atom. The molecule has 1 aliphatic carbocycles. The summed E-state index contributed by atoms with van der Waals surface area (Å²) in [5.74, 6) is 0.216. The van der Waals surface area contributed by atoms with Crippen LogP contribution in [-0.2, 0) is 0 Å². The highest BCUT2D eigenvalue weighted by molar-refractivity contribution is 5.97. The Morgan fingerprint density at radius 2 is 1.90 bits per heavy atom. The molecule has 1 aromatic heterocycles. The fourth-order valence-electron chi connectivity index (χ4n) is 4.98. The summed E-state index contributed by atoms with van der Waals surface area (Å²) in [6.07, 6.45) is 4.65. The Balaban J connectivity index is 1.86. The first kappa shape index (κ1) is 29.0. The van der Waals surface area contributed by atoms with Crippen LogP contribution in [0.1, 0.15) is 45.4 Å². The third-order valence-electron chi connectivity index (χ3n) is 6.97. The lowest BCUT2D eigenvalue weighted by Gasteiger charge is -2.24. The van der Waals surface area contributed by atoms with E-state index in [0.29, 0.717) is 58.1 Å².